The van der Waals surface area contributed by atoms with Crippen LogP contribution in [0.15, 0.2) is 30.3 Å². The van der Waals surface area contributed by atoms with Crippen LogP contribution < -0.4 is 0 Å². The van der Waals surface area contributed by atoms with Crippen LogP contribution in [0.1, 0.15) is 49.7 Å². The van der Waals surface area contributed by atoms with Crippen LogP contribution >= 0.6 is 0 Å². The molecule has 0 atom stereocenters. The minimum atomic E-state index is 0.300. The normalized spacial score (nSPS) is 24.7. The van der Waals surface area contributed by atoms with Gasteiger partial charge >= 0.3 is 0 Å². The van der Waals surface area contributed by atoms with Crippen molar-refractivity contribution in [1.82, 2.24) is 0 Å². The van der Waals surface area contributed by atoms with E-state index in [-0.39, 0.29) is 0 Å². The van der Waals surface area contributed by atoms with Crippen molar-refractivity contribution < 1.29 is 0 Å². The van der Waals surface area contributed by atoms with E-state index in [0.29, 0.717) is 11.8 Å². The van der Waals surface area contributed by atoms with Crippen molar-refractivity contribution in [3.63, 3.8) is 0 Å². The molecular formula is C16H19N. The fourth-order valence-corrected chi connectivity index (χ4v) is 2.63. The predicted molar refractivity (Wildman–Crippen MR) is 71.5 cm³/mol. The van der Waals surface area contributed by atoms with Crippen LogP contribution in [0, 0.1) is 17.2 Å². The van der Waals surface area contributed by atoms with Crippen LogP contribution in [-0.2, 0) is 0 Å². The molecule has 0 heterocycles. The Kier molecular flexibility index (Phi) is 3.98. The maximum Gasteiger partial charge on any atom is 0.0655 e. The third-order valence-electron chi connectivity index (χ3n) is 3.68. The average Bonchev–Trinajstić information content (AvgIpc) is 2.40. The smallest absolute Gasteiger partial charge is 0.0655 e. The van der Waals surface area contributed by atoms with E-state index in [1.165, 1.54) is 24.0 Å². The van der Waals surface area contributed by atoms with E-state index in [2.05, 4.69) is 42.5 Å². The number of hydrogen-bond donors (Lipinski definition) is 0. The molecule has 0 unspecified atom stereocenters. The van der Waals surface area contributed by atoms with Gasteiger partial charge in [0.2, 0.25) is 0 Å². The number of nitrogens with zero attached hydrogens (tertiary/aromatic N) is 1. The number of allylic oxidation sites excluding steroid dienone is 1. The van der Waals surface area contributed by atoms with Gasteiger partial charge in [0.25, 0.3) is 0 Å². The van der Waals surface area contributed by atoms with Gasteiger partial charge in [-0.3, -0.25) is 0 Å². The van der Waals surface area contributed by atoms with Gasteiger partial charge in [-0.1, -0.05) is 36.4 Å². The van der Waals surface area contributed by atoms with E-state index in [9.17, 15) is 0 Å². The highest BCUT2D eigenvalue weighted by molar-refractivity contribution is 5.49. The Hall–Kier alpha value is -1.55. The molecule has 1 nitrogen and oxygen atoms in total. The first-order valence-electron chi connectivity index (χ1n) is 6.45. The zero-order valence-electron chi connectivity index (χ0n) is 10.4. The summed E-state index contributed by atoms with van der Waals surface area (Å²) in [4.78, 5) is 0. The maximum absolute atomic E-state index is 8.89. The Balaban J connectivity index is 2.01. The van der Waals surface area contributed by atoms with Crippen LogP contribution in [0.25, 0.3) is 6.08 Å². The zero-order chi connectivity index (χ0) is 12.1. The zero-order valence-corrected chi connectivity index (χ0v) is 10.4. The summed E-state index contributed by atoms with van der Waals surface area (Å²) < 4.78 is 0. The third-order valence-corrected chi connectivity index (χ3v) is 3.68. The summed E-state index contributed by atoms with van der Waals surface area (Å²) in [6, 6.07) is 11.3. The van der Waals surface area contributed by atoms with Crippen molar-refractivity contribution in [2.45, 2.75) is 38.5 Å². The van der Waals surface area contributed by atoms with Crippen LogP contribution in [0.4, 0.5) is 0 Å². The Bertz CT molecular complexity index is 414. The summed E-state index contributed by atoms with van der Waals surface area (Å²) in [6.45, 7) is 2.04. The molecule has 0 N–H and O–H groups in total. The van der Waals surface area contributed by atoms with Crippen LogP contribution in [0.2, 0.25) is 0 Å². The van der Waals surface area contributed by atoms with Crippen molar-refractivity contribution in [2.24, 2.45) is 5.92 Å². The highest BCUT2D eigenvalue weighted by atomic mass is 14.3. The second-order valence-corrected chi connectivity index (χ2v) is 4.84. The number of benzene rings is 1. The van der Waals surface area contributed by atoms with Gasteiger partial charge in [-0.2, -0.15) is 5.26 Å². The lowest BCUT2D eigenvalue weighted by Gasteiger charge is -2.25. The van der Waals surface area contributed by atoms with Crippen molar-refractivity contribution in [3.8, 4) is 6.07 Å². The summed E-state index contributed by atoms with van der Waals surface area (Å²) in [5, 5.41) is 8.89. The molecule has 1 fully saturated rings. The molecule has 0 radical (unpaired) electrons. The quantitative estimate of drug-likeness (QED) is 0.726. The molecular weight excluding hydrogens is 206 g/mol. The van der Waals surface area contributed by atoms with Gasteiger partial charge in [0, 0.05) is 5.92 Å². The molecule has 1 heteroatoms. The molecule has 1 saturated carbocycles. The van der Waals surface area contributed by atoms with Gasteiger partial charge < -0.3 is 0 Å². The van der Waals surface area contributed by atoms with E-state index in [0.717, 1.165) is 12.8 Å². The van der Waals surface area contributed by atoms with E-state index >= 15 is 0 Å². The minimum absolute atomic E-state index is 0.300. The molecule has 0 amide bonds. The first-order chi connectivity index (χ1) is 8.33. The van der Waals surface area contributed by atoms with Gasteiger partial charge in [-0.05, 0) is 49.7 Å². The fourth-order valence-electron chi connectivity index (χ4n) is 2.63. The molecule has 1 aliphatic rings. The molecule has 0 spiro atoms. The second-order valence-electron chi connectivity index (χ2n) is 4.84. The first kappa shape index (κ1) is 11.9. The molecule has 0 aliphatic heterocycles. The standard InChI is InChI=1S/C16H19N/c1-2-3-13-4-8-15(9-5-13)16-10-6-14(12-17)7-11-16/h2-5,8-9,14,16H,6-7,10-11H2,1H3. The Morgan fingerprint density at radius 3 is 2.29 bits per heavy atom. The summed E-state index contributed by atoms with van der Waals surface area (Å²) >= 11 is 0. The number of rotatable bonds is 2. The van der Waals surface area contributed by atoms with E-state index < -0.39 is 0 Å². The van der Waals surface area contributed by atoms with Crippen LogP contribution in [0.3, 0.4) is 0 Å². The van der Waals surface area contributed by atoms with Gasteiger partial charge in [0.05, 0.1) is 6.07 Å². The van der Waals surface area contributed by atoms with Crippen molar-refractivity contribution in [2.75, 3.05) is 0 Å². The van der Waals surface area contributed by atoms with E-state index in [1.807, 2.05) is 6.92 Å². The van der Waals surface area contributed by atoms with Crippen molar-refractivity contribution in [1.29, 1.82) is 5.26 Å². The molecule has 88 valence electrons. The summed E-state index contributed by atoms with van der Waals surface area (Å²) in [7, 11) is 0. The van der Waals surface area contributed by atoms with Gasteiger partial charge in [-0.25, -0.2) is 0 Å². The third kappa shape index (κ3) is 2.97. The monoisotopic (exact) mass is 225 g/mol. The predicted octanol–water partition coefficient (Wildman–Crippen LogP) is 4.52. The first-order valence-corrected chi connectivity index (χ1v) is 6.45. The second kappa shape index (κ2) is 5.68. The summed E-state index contributed by atoms with van der Waals surface area (Å²) in [5.74, 6) is 0.966. The van der Waals surface area contributed by atoms with Crippen LogP contribution in [-0.4, -0.2) is 0 Å². The molecule has 1 aromatic carbocycles. The van der Waals surface area contributed by atoms with E-state index in [1.54, 1.807) is 0 Å². The SMILES string of the molecule is CC=Cc1ccc(C2CCC(C#N)CC2)cc1. The number of nitriles is 1. The van der Waals surface area contributed by atoms with Crippen molar-refractivity contribution in [3.05, 3.63) is 41.5 Å². The Morgan fingerprint density at radius 2 is 1.76 bits per heavy atom. The highest BCUT2D eigenvalue weighted by Gasteiger charge is 2.21. The summed E-state index contributed by atoms with van der Waals surface area (Å²) in [5.41, 5.74) is 2.71. The van der Waals surface area contributed by atoms with Crippen LogP contribution in [0.5, 0.6) is 0 Å². The minimum Gasteiger partial charge on any atom is -0.198 e. The molecule has 2 rings (SSSR count). The highest BCUT2D eigenvalue weighted by Crippen LogP contribution is 2.35. The molecule has 0 aromatic heterocycles. The molecule has 1 aliphatic carbocycles. The Labute approximate surface area is 104 Å². The van der Waals surface area contributed by atoms with Gasteiger partial charge in [0.1, 0.15) is 0 Å². The fraction of sp³-hybridized carbons (Fsp3) is 0.438. The van der Waals surface area contributed by atoms with Crippen molar-refractivity contribution >= 4 is 6.08 Å². The van der Waals surface area contributed by atoms with E-state index in [4.69, 9.17) is 5.26 Å². The van der Waals surface area contributed by atoms with Gasteiger partial charge in [0.15, 0.2) is 0 Å². The lowest BCUT2D eigenvalue weighted by Crippen LogP contribution is -2.11. The number of hydrogen-bond acceptors (Lipinski definition) is 1. The molecule has 1 aromatic rings. The topological polar surface area (TPSA) is 23.8 Å². The summed E-state index contributed by atoms with van der Waals surface area (Å²) in [6.07, 6.45) is 8.65. The lowest BCUT2D eigenvalue weighted by molar-refractivity contribution is 0.382. The maximum atomic E-state index is 8.89. The molecule has 17 heavy (non-hydrogen) atoms. The lowest BCUT2D eigenvalue weighted by atomic mass is 9.79. The molecule has 0 saturated heterocycles. The largest absolute Gasteiger partial charge is 0.198 e. The Morgan fingerprint density at radius 1 is 1.12 bits per heavy atom. The van der Waals surface area contributed by atoms with Gasteiger partial charge in [-0.15, -0.1) is 0 Å². The molecule has 0 bridgehead atoms. The average molecular weight is 225 g/mol.